The maximum Gasteiger partial charge on any atom is 0.258 e. The van der Waals surface area contributed by atoms with Crippen molar-refractivity contribution in [2.24, 2.45) is 7.05 Å². The number of phenols is 1. The van der Waals surface area contributed by atoms with Crippen molar-refractivity contribution < 1.29 is 5.11 Å². The highest BCUT2D eigenvalue weighted by molar-refractivity contribution is 5.85. The van der Waals surface area contributed by atoms with E-state index in [4.69, 9.17) is 0 Å². The van der Waals surface area contributed by atoms with Gasteiger partial charge in [-0.1, -0.05) is 6.07 Å². The van der Waals surface area contributed by atoms with Gasteiger partial charge in [-0.15, -0.1) is 0 Å². The number of aromatic hydroxyl groups is 1. The highest BCUT2D eigenvalue weighted by Crippen LogP contribution is 2.29. The summed E-state index contributed by atoms with van der Waals surface area (Å²) in [5, 5.41) is 21.1. The lowest BCUT2D eigenvalue weighted by Gasteiger charge is -2.13. The molecule has 3 heterocycles. The van der Waals surface area contributed by atoms with Gasteiger partial charge in [-0.3, -0.25) is 14.9 Å². The van der Waals surface area contributed by atoms with Crippen LogP contribution in [-0.4, -0.2) is 24.9 Å². The largest absolute Gasteiger partial charge is 0.508 e. The summed E-state index contributed by atoms with van der Waals surface area (Å²) in [6, 6.07) is 18.6. The van der Waals surface area contributed by atoms with E-state index < -0.39 is 0 Å². The first-order valence-electron chi connectivity index (χ1n) is 10.6. The average Bonchev–Trinajstić information content (AvgIpc) is 3.27. The van der Waals surface area contributed by atoms with Crippen molar-refractivity contribution in [3.8, 4) is 28.1 Å². The molecule has 0 saturated heterocycles. The second kappa shape index (κ2) is 7.94. The number of benzene rings is 2. The van der Waals surface area contributed by atoms with Crippen LogP contribution in [0.2, 0.25) is 0 Å². The molecule has 0 saturated carbocycles. The molecule has 2 aromatic carbocycles. The van der Waals surface area contributed by atoms with Crippen LogP contribution in [0.4, 0.5) is 11.5 Å². The molecule has 164 valence electrons. The summed E-state index contributed by atoms with van der Waals surface area (Å²) in [4.78, 5) is 17.6. The van der Waals surface area contributed by atoms with Crippen LogP contribution < -0.4 is 10.9 Å². The Balaban J connectivity index is 1.51. The Labute approximate surface area is 190 Å². The van der Waals surface area contributed by atoms with Gasteiger partial charge in [0, 0.05) is 41.6 Å². The monoisotopic (exact) mass is 437 g/mol. The molecule has 0 aliphatic carbocycles. The summed E-state index contributed by atoms with van der Waals surface area (Å²) in [7, 11) is 1.79. The van der Waals surface area contributed by atoms with Gasteiger partial charge in [-0.25, -0.2) is 0 Å². The molecule has 7 nitrogen and oxygen atoms in total. The average molecular weight is 438 g/mol. The summed E-state index contributed by atoms with van der Waals surface area (Å²) in [6.07, 6.45) is 1.81. The van der Waals surface area contributed by atoms with E-state index in [1.807, 2.05) is 62.4 Å². The fourth-order valence-corrected chi connectivity index (χ4v) is 3.97. The number of rotatable bonds is 4. The fraction of sp³-hybridized carbons (Fsp3) is 0.115. The number of hydrogen-bond acceptors (Lipinski definition) is 5. The van der Waals surface area contributed by atoms with Crippen molar-refractivity contribution in [1.82, 2.24) is 19.7 Å². The van der Waals surface area contributed by atoms with E-state index in [-0.39, 0.29) is 11.3 Å². The molecule has 7 heteroatoms. The van der Waals surface area contributed by atoms with E-state index in [1.54, 1.807) is 29.9 Å². The van der Waals surface area contributed by atoms with E-state index >= 15 is 0 Å². The van der Waals surface area contributed by atoms with E-state index in [9.17, 15) is 9.90 Å². The third-order valence-corrected chi connectivity index (χ3v) is 5.80. The summed E-state index contributed by atoms with van der Waals surface area (Å²) < 4.78 is 1.68. The molecule has 33 heavy (non-hydrogen) atoms. The molecule has 0 spiro atoms. The fourth-order valence-electron chi connectivity index (χ4n) is 3.97. The molecule has 0 aliphatic heterocycles. The molecule has 5 aromatic rings. The molecule has 0 unspecified atom stereocenters. The lowest BCUT2D eigenvalue weighted by atomic mass is 9.99. The maximum absolute atomic E-state index is 13.2. The number of fused-ring (bicyclic) bond motifs is 1. The van der Waals surface area contributed by atoms with Crippen molar-refractivity contribution in [2.45, 2.75) is 13.8 Å². The van der Waals surface area contributed by atoms with Crippen LogP contribution in [0.5, 0.6) is 5.75 Å². The van der Waals surface area contributed by atoms with Gasteiger partial charge in [0.1, 0.15) is 5.75 Å². The van der Waals surface area contributed by atoms with E-state index in [2.05, 4.69) is 20.5 Å². The highest BCUT2D eigenvalue weighted by atomic mass is 16.3. The lowest BCUT2D eigenvalue weighted by Crippen LogP contribution is -2.19. The third kappa shape index (κ3) is 3.85. The molecule has 0 bridgehead atoms. The van der Waals surface area contributed by atoms with Gasteiger partial charge in [0.15, 0.2) is 5.82 Å². The van der Waals surface area contributed by atoms with Gasteiger partial charge in [-0.2, -0.15) is 5.10 Å². The second-order valence-corrected chi connectivity index (χ2v) is 8.18. The van der Waals surface area contributed by atoms with Crippen molar-refractivity contribution >= 4 is 22.4 Å². The number of hydrogen-bond donors (Lipinski definition) is 3. The van der Waals surface area contributed by atoms with Crippen molar-refractivity contribution in [3.63, 3.8) is 0 Å². The SMILES string of the molecule is Cc1cc2c(cn1)cc(-c1cc(Nc3cc(-c4ccc(O)cc4)[nH]n3)ccc1C)c(=O)n2C. The first kappa shape index (κ1) is 20.5. The molecule has 0 aliphatic rings. The number of nitrogens with one attached hydrogen (secondary N) is 2. The smallest absolute Gasteiger partial charge is 0.258 e. The van der Waals surface area contributed by atoms with Crippen LogP contribution in [0, 0.1) is 13.8 Å². The first-order chi connectivity index (χ1) is 15.9. The van der Waals surface area contributed by atoms with E-state index in [0.717, 1.165) is 44.7 Å². The summed E-state index contributed by atoms with van der Waals surface area (Å²) >= 11 is 0. The van der Waals surface area contributed by atoms with E-state index in [0.29, 0.717) is 11.4 Å². The Hall–Kier alpha value is -4.39. The minimum Gasteiger partial charge on any atom is -0.508 e. The predicted octanol–water partition coefficient (Wildman–Crippen LogP) is 5.06. The van der Waals surface area contributed by atoms with Crippen LogP contribution in [0.25, 0.3) is 33.3 Å². The first-order valence-corrected chi connectivity index (χ1v) is 10.6. The molecule has 0 radical (unpaired) electrons. The molecule has 3 aromatic heterocycles. The second-order valence-electron chi connectivity index (χ2n) is 8.18. The zero-order valence-corrected chi connectivity index (χ0v) is 18.5. The summed E-state index contributed by atoms with van der Waals surface area (Å²) in [6.45, 7) is 3.91. The molecule has 0 atom stereocenters. The number of nitrogens with zero attached hydrogens (tertiary/aromatic N) is 3. The zero-order chi connectivity index (χ0) is 23.1. The number of aryl methyl sites for hydroxylation is 3. The predicted molar refractivity (Wildman–Crippen MR) is 131 cm³/mol. The Kier molecular flexibility index (Phi) is 4.94. The Morgan fingerprint density at radius 1 is 0.970 bits per heavy atom. The quantitative estimate of drug-likeness (QED) is 0.365. The minimum atomic E-state index is -0.0530. The van der Waals surface area contributed by atoms with Crippen LogP contribution in [0.1, 0.15) is 11.3 Å². The summed E-state index contributed by atoms with van der Waals surface area (Å²) in [5.41, 5.74) is 6.74. The number of pyridine rings is 2. The number of aromatic amines is 1. The van der Waals surface area contributed by atoms with Gasteiger partial charge in [-0.05, 0) is 79.1 Å². The zero-order valence-electron chi connectivity index (χ0n) is 18.5. The molecule has 5 rings (SSSR count). The molecule has 0 fully saturated rings. The number of aromatic nitrogens is 4. The topological polar surface area (TPSA) is 95.8 Å². The van der Waals surface area contributed by atoms with Crippen LogP contribution in [0.15, 0.2) is 71.7 Å². The molecular weight excluding hydrogens is 414 g/mol. The summed E-state index contributed by atoms with van der Waals surface area (Å²) in [5.74, 6) is 0.869. The molecule has 0 amide bonds. The Morgan fingerprint density at radius 2 is 1.76 bits per heavy atom. The van der Waals surface area contributed by atoms with Gasteiger partial charge >= 0.3 is 0 Å². The van der Waals surface area contributed by atoms with Crippen molar-refractivity contribution in [1.29, 1.82) is 0 Å². The molecule has 3 N–H and O–H groups in total. The van der Waals surface area contributed by atoms with Crippen LogP contribution in [-0.2, 0) is 7.05 Å². The van der Waals surface area contributed by atoms with Crippen molar-refractivity contribution in [3.05, 3.63) is 88.5 Å². The number of phenolic OH excluding ortho intramolecular Hbond substituents is 1. The Bertz CT molecular complexity index is 1550. The van der Waals surface area contributed by atoms with E-state index in [1.165, 1.54) is 0 Å². The number of anilines is 2. The lowest BCUT2D eigenvalue weighted by molar-refractivity contribution is 0.475. The van der Waals surface area contributed by atoms with Gasteiger partial charge in [0.2, 0.25) is 0 Å². The highest BCUT2D eigenvalue weighted by Gasteiger charge is 2.13. The molecular formula is C26H23N5O2. The standard InChI is InChI=1S/C26H23N5O2/c1-15-4-7-19(28-25-13-23(29-30-25)17-5-8-20(32)9-6-17)12-21(15)22-11-18-14-27-16(2)10-24(18)31(3)26(22)33/h4-14,32H,1-3H3,(H2,28,29,30). The minimum absolute atomic E-state index is 0.0530. The van der Waals surface area contributed by atoms with Gasteiger partial charge < -0.3 is 15.0 Å². The number of H-pyrrole nitrogens is 1. The Morgan fingerprint density at radius 3 is 2.55 bits per heavy atom. The third-order valence-electron chi connectivity index (χ3n) is 5.80. The van der Waals surface area contributed by atoms with Gasteiger partial charge in [0.25, 0.3) is 5.56 Å². The maximum atomic E-state index is 13.2. The normalized spacial score (nSPS) is 11.1. The van der Waals surface area contributed by atoms with Gasteiger partial charge in [0.05, 0.1) is 11.2 Å². The van der Waals surface area contributed by atoms with Crippen LogP contribution >= 0.6 is 0 Å². The van der Waals surface area contributed by atoms with Crippen molar-refractivity contribution in [2.75, 3.05) is 5.32 Å². The van der Waals surface area contributed by atoms with Crippen LogP contribution in [0.3, 0.4) is 0 Å².